The van der Waals surface area contributed by atoms with Crippen molar-refractivity contribution >= 4 is 11.3 Å². The topological polar surface area (TPSA) is 23.5 Å². The molecule has 1 aliphatic rings. The molecule has 0 saturated carbocycles. The van der Waals surface area contributed by atoms with Gasteiger partial charge in [0.15, 0.2) is 0 Å². The average Bonchev–Trinajstić information content (AvgIpc) is 2.69. The lowest BCUT2D eigenvalue weighted by molar-refractivity contribution is 0.0490. The van der Waals surface area contributed by atoms with Crippen LogP contribution in [0.1, 0.15) is 25.3 Å². The number of nitrogens with zero attached hydrogens (tertiary/aromatic N) is 1. The van der Waals surface area contributed by atoms with Gasteiger partial charge in [-0.15, -0.1) is 0 Å². The molecule has 0 radical (unpaired) electrons. The van der Waals surface area contributed by atoms with E-state index >= 15 is 0 Å². The summed E-state index contributed by atoms with van der Waals surface area (Å²) in [4.78, 5) is 2.49. The molecule has 1 aliphatic heterocycles. The van der Waals surface area contributed by atoms with Crippen molar-refractivity contribution in [3.05, 3.63) is 22.4 Å². The molecule has 3 heteroatoms. The van der Waals surface area contributed by atoms with E-state index in [9.17, 15) is 5.11 Å². The van der Waals surface area contributed by atoms with Crippen molar-refractivity contribution in [1.82, 2.24) is 4.90 Å². The van der Waals surface area contributed by atoms with E-state index < -0.39 is 0 Å². The summed E-state index contributed by atoms with van der Waals surface area (Å²) in [5.74, 6) is 0. The van der Waals surface area contributed by atoms with E-state index in [-0.39, 0.29) is 6.10 Å². The Labute approximate surface area is 95.5 Å². The van der Waals surface area contributed by atoms with E-state index in [4.69, 9.17) is 0 Å². The maximum absolute atomic E-state index is 9.52. The van der Waals surface area contributed by atoms with Gasteiger partial charge in [0.2, 0.25) is 0 Å². The van der Waals surface area contributed by atoms with Gasteiger partial charge in [0.25, 0.3) is 0 Å². The van der Waals surface area contributed by atoms with Crippen LogP contribution in [-0.2, 0) is 6.42 Å². The first kappa shape index (κ1) is 11.1. The maximum Gasteiger partial charge on any atom is 0.0567 e. The number of aliphatic hydroxyl groups excluding tert-OH is 1. The molecule has 0 aromatic carbocycles. The van der Waals surface area contributed by atoms with Gasteiger partial charge < -0.3 is 10.0 Å². The average molecular weight is 225 g/mol. The van der Waals surface area contributed by atoms with E-state index in [0.29, 0.717) is 6.04 Å². The molecule has 0 spiro atoms. The molecule has 2 rings (SSSR count). The second-order valence-corrected chi connectivity index (χ2v) is 5.22. The molecule has 2 atom stereocenters. The van der Waals surface area contributed by atoms with E-state index in [2.05, 4.69) is 28.7 Å². The SMILES string of the molecule is CC1CC(O)CCN1CCc1ccsc1. The Hall–Kier alpha value is -0.380. The number of rotatable bonds is 3. The fraction of sp³-hybridized carbons (Fsp3) is 0.667. The number of thiophene rings is 1. The third-order valence-corrected chi connectivity index (χ3v) is 3.99. The van der Waals surface area contributed by atoms with Gasteiger partial charge in [-0.3, -0.25) is 0 Å². The third kappa shape index (κ3) is 3.03. The lowest BCUT2D eigenvalue weighted by Gasteiger charge is -2.35. The summed E-state index contributed by atoms with van der Waals surface area (Å²) in [6, 6.07) is 2.74. The van der Waals surface area contributed by atoms with Gasteiger partial charge in [-0.1, -0.05) is 0 Å². The van der Waals surface area contributed by atoms with Crippen LogP contribution < -0.4 is 0 Å². The largest absolute Gasteiger partial charge is 0.393 e. The fourth-order valence-corrected chi connectivity index (χ4v) is 2.94. The monoisotopic (exact) mass is 225 g/mol. The van der Waals surface area contributed by atoms with Crippen LogP contribution in [0.5, 0.6) is 0 Å². The van der Waals surface area contributed by atoms with Crippen LogP contribution in [-0.4, -0.2) is 35.2 Å². The highest BCUT2D eigenvalue weighted by atomic mass is 32.1. The molecule has 1 saturated heterocycles. The highest BCUT2D eigenvalue weighted by Crippen LogP contribution is 2.18. The smallest absolute Gasteiger partial charge is 0.0567 e. The molecule has 1 aromatic rings. The second kappa shape index (κ2) is 5.10. The molecule has 2 unspecified atom stereocenters. The second-order valence-electron chi connectivity index (χ2n) is 4.44. The van der Waals surface area contributed by atoms with Crippen LogP contribution in [0.4, 0.5) is 0 Å². The standard InChI is InChI=1S/C12H19NOS/c1-10-8-12(14)3-6-13(10)5-2-11-4-7-15-9-11/h4,7,9-10,12,14H,2-3,5-6,8H2,1H3. The number of hydrogen-bond donors (Lipinski definition) is 1. The summed E-state index contributed by atoms with van der Waals surface area (Å²) in [5, 5.41) is 13.9. The number of piperidine rings is 1. The highest BCUT2D eigenvalue weighted by Gasteiger charge is 2.23. The molecule has 84 valence electrons. The first-order valence-corrected chi connectivity index (χ1v) is 6.63. The molecule has 2 heterocycles. The molecule has 1 aromatic heterocycles. The normalized spacial score (nSPS) is 28.1. The van der Waals surface area contributed by atoms with Crippen molar-refractivity contribution in [2.24, 2.45) is 0 Å². The van der Waals surface area contributed by atoms with Gasteiger partial charge in [0.05, 0.1) is 6.10 Å². The Balaban J connectivity index is 1.79. The molecule has 0 amide bonds. The van der Waals surface area contributed by atoms with Gasteiger partial charge in [-0.2, -0.15) is 11.3 Å². The Morgan fingerprint density at radius 2 is 2.47 bits per heavy atom. The van der Waals surface area contributed by atoms with Crippen molar-refractivity contribution in [2.75, 3.05) is 13.1 Å². The van der Waals surface area contributed by atoms with Crippen LogP contribution in [0.15, 0.2) is 16.8 Å². The zero-order valence-electron chi connectivity index (χ0n) is 9.22. The quantitative estimate of drug-likeness (QED) is 0.852. The first-order valence-electron chi connectivity index (χ1n) is 5.69. The van der Waals surface area contributed by atoms with Crippen LogP contribution in [0.3, 0.4) is 0 Å². The molecule has 0 bridgehead atoms. The minimum atomic E-state index is -0.0719. The molecule has 0 aliphatic carbocycles. The van der Waals surface area contributed by atoms with Crippen LogP contribution in [0, 0.1) is 0 Å². The van der Waals surface area contributed by atoms with Gasteiger partial charge in [-0.05, 0) is 48.6 Å². The summed E-state index contributed by atoms with van der Waals surface area (Å²) in [6.07, 6.45) is 2.94. The molecular formula is C12H19NOS. The summed E-state index contributed by atoms with van der Waals surface area (Å²) in [6.45, 7) is 4.40. The van der Waals surface area contributed by atoms with E-state index in [0.717, 1.165) is 32.4 Å². The predicted molar refractivity (Wildman–Crippen MR) is 64.3 cm³/mol. The van der Waals surface area contributed by atoms with E-state index in [1.54, 1.807) is 11.3 Å². The number of hydrogen-bond acceptors (Lipinski definition) is 3. The summed E-state index contributed by atoms with van der Waals surface area (Å²) >= 11 is 1.77. The molecule has 1 fully saturated rings. The number of aliphatic hydroxyl groups is 1. The molecule has 2 nitrogen and oxygen atoms in total. The van der Waals surface area contributed by atoms with Gasteiger partial charge in [0.1, 0.15) is 0 Å². The molecule has 15 heavy (non-hydrogen) atoms. The van der Waals surface area contributed by atoms with Gasteiger partial charge in [-0.25, -0.2) is 0 Å². The minimum absolute atomic E-state index is 0.0719. The third-order valence-electron chi connectivity index (χ3n) is 3.25. The van der Waals surface area contributed by atoms with Crippen molar-refractivity contribution in [1.29, 1.82) is 0 Å². The summed E-state index contributed by atoms with van der Waals surface area (Å²) in [7, 11) is 0. The summed E-state index contributed by atoms with van der Waals surface area (Å²) in [5.41, 5.74) is 1.44. The van der Waals surface area contributed by atoms with Crippen LogP contribution in [0.25, 0.3) is 0 Å². The highest BCUT2D eigenvalue weighted by molar-refractivity contribution is 7.07. The lowest BCUT2D eigenvalue weighted by atomic mass is 10.0. The van der Waals surface area contributed by atoms with E-state index in [1.165, 1.54) is 5.56 Å². The maximum atomic E-state index is 9.52. The Morgan fingerprint density at radius 1 is 1.60 bits per heavy atom. The zero-order chi connectivity index (χ0) is 10.7. The van der Waals surface area contributed by atoms with E-state index in [1.807, 2.05) is 0 Å². The summed E-state index contributed by atoms with van der Waals surface area (Å²) < 4.78 is 0. The molecular weight excluding hydrogens is 206 g/mol. The van der Waals surface area contributed by atoms with Crippen LogP contribution in [0.2, 0.25) is 0 Å². The van der Waals surface area contributed by atoms with Gasteiger partial charge >= 0.3 is 0 Å². The van der Waals surface area contributed by atoms with Crippen LogP contribution >= 0.6 is 11.3 Å². The molecule has 1 N–H and O–H groups in total. The number of likely N-dealkylation sites (tertiary alicyclic amines) is 1. The first-order chi connectivity index (χ1) is 7.25. The minimum Gasteiger partial charge on any atom is -0.393 e. The fourth-order valence-electron chi connectivity index (χ4n) is 2.24. The zero-order valence-corrected chi connectivity index (χ0v) is 10.0. The Kier molecular flexibility index (Phi) is 3.78. The van der Waals surface area contributed by atoms with Crippen molar-refractivity contribution in [3.63, 3.8) is 0 Å². The Bertz CT molecular complexity index is 286. The van der Waals surface area contributed by atoms with Crippen molar-refractivity contribution in [2.45, 2.75) is 38.3 Å². The van der Waals surface area contributed by atoms with Crippen molar-refractivity contribution in [3.8, 4) is 0 Å². The van der Waals surface area contributed by atoms with Crippen molar-refractivity contribution < 1.29 is 5.11 Å². The predicted octanol–water partition coefficient (Wildman–Crippen LogP) is 2.14. The Morgan fingerprint density at radius 3 is 3.13 bits per heavy atom. The van der Waals surface area contributed by atoms with Gasteiger partial charge in [0, 0.05) is 19.1 Å². The lowest BCUT2D eigenvalue weighted by Crippen LogP contribution is -2.43.